The molecule has 0 spiro atoms. The molecular weight excluding hydrogens is 252 g/mol. The Kier molecular flexibility index (Phi) is 4.06. The van der Waals surface area contributed by atoms with Gasteiger partial charge in [-0.2, -0.15) is 0 Å². The van der Waals surface area contributed by atoms with Crippen molar-refractivity contribution in [2.24, 2.45) is 5.92 Å². The molecule has 2 aromatic rings. The first-order chi connectivity index (χ1) is 10.3. The third kappa shape index (κ3) is 2.85. The first kappa shape index (κ1) is 13.9. The van der Waals surface area contributed by atoms with Crippen LogP contribution >= 0.6 is 0 Å². The van der Waals surface area contributed by atoms with Crippen LogP contribution in [0.5, 0.6) is 0 Å². The van der Waals surface area contributed by atoms with Crippen molar-refractivity contribution in [2.75, 3.05) is 0 Å². The Bertz CT molecular complexity index is 647. The summed E-state index contributed by atoms with van der Waals surface area (Å²) in [5, 5.41) is 0. The van der Waals surface area contributed by atoms with Crippen LogP contribution in [-0.4, -0.2) is 0 Å². The molecule has 0 fully saturated rings. The first-order valence-electron chi connectivity index (χ1n) is 7.83. The molecule has 2 atom stereocenters. The van der Waals surface area contributed by atoms with E-state index in [1.165, 1.54) is 22.3 Å². The average molecular weight is 274 g/mol. The van der Waals surface area contributed by atoms with Gasteiger partial charge in [-0.3, -0.25) is 0 Å². The Hall–Kier alpha value is -2.08. The predicted molar refractivity (Wildman–Crippen MR) is 91.1 cm³/mol. The monoisotopic (exact) mass is 274 g/mol. The van der Waals surface area contributed by atoms with E-state index in [0.717, 1.165) is 6.42 Å². The molecule has 0 N–H and O–H groups in total. The fraction of sp³-hybridized carbons (Fsp3) is 0.238. The van der Waals surface area contributed by atoms with Gasteiger partial charge in [-0.25, -0.2) is 0 Å². The van der Waals surface area contributed by atoms with Crippen molar-refractivity contribution in [3.63, 3.8) is 0 Å². The SMILES string of the molecule is CCC1=CC(c2ccccc2)C(C)C=C1c1ccccc1. The predicted octanol–water partition coefficient (Wildman–Crippen LogP) is 5.84. The van der Waals surface area contributed by atoms with Crippen LogP contribution in [-0.2, 0) is 0 Å². The van der Waals surface area contributed by atoms with Gasteiger partial charge in [0.1, 0.15) is 0 Å². The molecule has 0 radical (unpaired) electrons. The maximum Gasteiger partial charge on any atom is 0.00845 e. The van der Waals surface area contributed by atoms with E-state index in [1.54, 1.807) is 0 Å². The molecule has 106 valence electrons. The van der Waals surface area contributed by atoms with E-state index in [9.17, 15) is 0 Å². The van der Waals surface area contributed by atoms with Crippen LogP contribution in [0.15, 0.2) is 78.4 Å². The van der Waals surface area contributed by atoms with Crippen molar-refractivity contribution >= 4 is 5.57 Å². The molecule has 2 unspecified atom stereocenters. The highest BCUT2D eigenvalue weighted by Gasteiger charge is 2.22. The second-order valence-corrected chi connectivity index (χ2v) is 5.79. The van der Waals surface area contributed by atoms with Gasteiger partial charge in [0, 0.05) is 5.92 Å². The van der Waals surface area contributed by atoms with Crippen LogP contribution in [0.4, 0.5) is 0 Å². The van der Waals surface area contributed by atoms with E-state index in [0.29, 0.717) is 11.8 Å². The number of rotatable bonds is 3. The summed E-state index contributed by atoms with van der Waals surface area (Å²) in [5.74, 6) is 1.02. The van der Waals surface area contributed by atoms with Gasteiger partial charge in [0.2, 0.25) is 0 Å². The Morgan fingerprint density at radius 2 is 1.43 bits per heavy atom. The van der Waals surface area contributed by atoms with Gasteiger partial charge < -0.3 is 0 Å². The summed E-state index contributed by atoms with van der Waals surface area (Å²) in [6.07, 6.45) is 6.00. The van der Waals surface area contributed by atoms with Gasteiger partial charge in [-0.1, -0.05) is 86.7 Å². The quantitative estimate of drug-likeness (QED) is 0.659. The Labute approximate surface area is 127 Å². The average Bonchev–Trinajstić information content (AvgIpc) is 2.56. The maximum absolute atomic E-state index is 2.47. The summed E-state index contributed by atoms with van der Waals surface area (Å²) < 4.78 is 0. The van der Waals surface area contributed by atoms with E-state index in [1.807, 2.05) is 0 Å². The molecule has 0 saturated heterocycles. The van der Waals surface area contributed by atoms with Crippen LogP contribution in [0.25, 0.3) is 5.57 Å². The summed E-state index contributed by atoms with van der Waals surface area (Å²) in [4.78, 5) is 0. The van der Waals surface area contributed by atoms with E-state index in [-0.39, 0.29) is 0 Å². The minimum atomic E-state index is 0.494. The molecular formula is C21H22. The molecule has 0 aromatic heterocycles. The fourth-order valence-electron chi connectivity index (χ4n) is 3.21. The minimum absolute atomic E-state index is 0.494. The van der Waals surface area contributed by atoms with Gasteiger partial charge in [-0.05, 0) is 34.6 Å². The molecule has 2 aromatic carbocycles. The molecule has 0 amide bonds. The molecule has 1 aliphatic carbocycles. The molecule has 3 rings (SSSR count). The normalized spacial score (nSPS) is 21.6. The fourth-order valence-corrected chi connectivity index (χ4v) is 3.21. The third-order valence-electron chi connectivity index (χ3n) is 4.37. The highest BCUT2D eigenvalue weighted by atomic mass is 14.3. The molecule has 0 nitrogen and oxygen atoms in total. The lowest BCUT2D eigenvalue weighted by Gasteiger charge is -2.27. The third-order valence-corrected chi connectivity index (χ3v) is 4.37. The lowest BCUT2D eigenvalue weighted by Crippen LogP contribution is -2.12. The zero-order valence-corrected chi connectivity index (χ0v) is 12.8. The second kappa shape index (κ2) is 6.13. The molecule has 21 heavy (non-hydrogen) atoms. The van der Waals surface area contributed by atoms with E-state index >= 15 is 0 Å². The van der Waals surface area contributed by atoms with Gasteiger partial charge in [0.05, 0.1) is 0 Å². The summed E-state index contributed by atoms with van der Waals surface area (Å²) in [6.45, 7) is 4.57. The molecule has 0 heteroatoms. The largest absolute Gasteiger partial charge is 0.0726 e. The zero-order chi connectivity index (χ0) is 14.7. The van der Waals surface area contributed by atoms with Gasteiger partial charge in [-0.15, -0.1) is 0 Å². The summed E-state index contributed by atoms with van der Waals surface area (Å²) in [6, 6.07) is 21.6. The molecule has 0 aliphatic heterocycles. The molecule has 0 saturated carbocycles. The van der Waals surface area contributed by atoms with Crippen LogP contribution in [0.1, 0.15) is 37.3 Å². The topological polar surface area (TPSA) is 0 Å². The lowest BCUT2D eigenvalue weighted by atomic mass is 9.77. The van der Waals surface area contributed by atoms with Crippen molar-refractivity contribution in [1.82, 2.24) is 0 Å². The van der Waals surface area contributed by atoms with Crippen LogP contribution < -0.4 is 0 Å². The number of hydrogen-bond donors (Lipinski definition) is 0. The second-order valence-electron chi connectivity index (χ2n) is 5.79. The van der Waals surface area contributed by atoms with Crippen molar-refractivity contribution in [1.29, 1.82) is 0 Å². The lowest BCUT2D eigenvalue weighted by molar-refractivity contribution is 0.631. The first-order valence-corrected chi connectivity index (χ1v) is 7.83. The Balaban J connectivity index is 1.99. The summed E-state index contributed by atoms with van der Waals surface area (Å²) >= 11 is 0. The number of allylic oxidation sites excluding steroid dienone is 4. The smallest absolute Gasteiger partial charge is 0.00845 e. The molecule has 1 aliphatic rings. The van der Waals surface area contributed by atoms with Gasteiger partial charge in [0.15, 0.2) is 0 Å². The number of benzene rings is 2. The van der Waals surface area contributed by atoms with Crippen LogP contribution in [0, 0.1) is 5.92 Å². The van der Waals surface area contributed by atoms with E-state index < -0.39 is 0 Å². The van der Waals surface area contributed by atoms with Crippen LogP contribution in [0.3, 0.4) is 0 Å². The summed E-state index contributed by atoms with van der Waals surface area (Å²) in [5.41, 5.74) is 5.63. The maximum atomic E-state index is 2.47. The van der Waals surface area contributed by atoms with Crippen LogP contribution in [0.2, 0.25) is 0 Å². The molecule has 0 bridgehead atoms. The standard InChI is InChI=1S/C21H22/c1-3-17-15-20(18-10-6-4-7-11-18)16(2)14-21(17)19-12-8-5-9-13-19/h4-16,20H,3H2,1-2H3. The zero-order valence-electron chi connectivity index (χ0n) is 12.8. The highest BCUT2D eigenvalue weighted by molar-refractivity contribution is 5.80. The van der Waals surface area contributed by atoms with Gasteiger partial charge in [0.25, 0.3) is 0 Å². The van der Waals surface area contributed by atoms with Gasteiger partial charge >= 0.3 is 0 Å². The van der Waals surface area contributed by atoms with E-state index in [4.69, 9.17) is 0 Å². The van der Waals surface area contributed by atoms with Crippen molar-refractivity contribution < 1.29 is 0 Å². The van der Waals surface area contributed by atoms with Crippen molar-refractivity contribution in [3.8, 4) is 0 Å². The Morgan fingerprint density at radius 1 is 0.810 bits per heavy atom. The minimum Gasteiger partial charge on any atom is -0.0726 e. The summed E-state index contributed by atoms with van der Waals surface area (Å²) in [7, 11) is 0. The molecule has 0 heterocycles. The number of hydrogen-bond acceptors (Lipinski definition) is 0. The van der Waals surface area contributed by atoms with Crippen molar-refractivity contribution in [3.05, 3.63) is 89.5 Å². The van der Waals surface area contributed by atoms with E-state index in [2.05, 4.69) is 86.7 Å². The Morgan fingerprint density at radius 3 is 2.05 bits per heavy atom. The van der Waals surface area contributed by atoms with Crippen molar-refractivity contribution in [2.45, 2.75) is 26.2 Å². The highest BCUT2D eigenvalue weighted by Crippen LogP contribution is 2.39.